The Kier molecular flexibility index (Phi) is 3.44. The molecule has 4 heteroatoms. The van der Waals surface area contributed by atoms with Crippen LogP contribution in [-0.2, 0) is 9.53 Å². The summed E-state index contributed by atoms with van der Waals surface area (Å²) in [7, 11) is 0. The van der Waals surface area contributed by atoms with E-state index < -0.39 is 12.1 Å². The first-order chi connectivity index (χ1) is 10.2. The average Bonchev–Trinajstić information content (AvgIpc) is 2.80. The Labute approximate surface area is 123 Å². The molecule has 21 heavy (non-hydrogen) atoms. The topological polar surface area (TPSA) is 46.6 Å². The van der Waals surface area contributed by atoms with E-state index in [0.717, 1.165) is 11.3 Å². The fraction of sp³-hybridized carbons (Fsp3) is 0.176. The lowest BCUT2D eigenvalue weighted by Crippen LogP contribution is -2.30. The second kappa shape index (κ2) is 5.40. The summed E-state index contributed by atoms with van der Waals surface area (Å²) in [5, 5.41) is 0. The molecule has 1 unspecified atom stereocenters. The van der Waals surface area contributed by atoms with Crippen LogP contribution in [0.4, 0.5) is 5.69 Å². The van der Waals surface area contributed by atoms with Gasteiger partial charge in [-0.2, -0.15) is 0 Å². The second-order valence-electron chi connectivity index (χ2n) is 4.79. The van der Waals surface area contributed by atoms with E-state index in [1.54, 1.807) is 29.2 Å². The predicted octanol–water partition coefficient (Wildman–Crippen LogP) is 2.95. The Morgan fingerprint density at radius 3 is 2.48 bits per heavy atom. The van der Waals surface area contributed by atoms with Gasteiger partial charge in [-0.25, -0.2) is 4.79 Å². The number of fused-ring (bicyclic) bond motifs is 1. The summed E-state index contributed by atoms with van der Waals surface area (Å²) in [6, 6.07) is 16.1. The molecule has 0 bridgehead atoms. The van der Waals surface area contributed by atoms with Gasteiger partial charge in [-0.05, 0) is 25.1 Å². The van der Waals surface area contributed by atoms with Crippen molar-refractivity contribution in [1.29, 1.82) is 0 Å². The van der Waals surface area contributed by atoms with Crippen molar-refractivity contribution < 1.29 is 14.3 Å². The van der Waals surface area contributed by atoms with Crippen LogP contribution in [0.2, 0.25) is 0 Å². The number of carbonyl (C=O) groups is 2. The SMILES string of the molecule is CCN1C(=O)C(OC(=O)c2ccccc2)c2ccccc21. The zero-order chi connectivity index (χ0) is 14.8. The molecule has 106 valence electrons. The average molecular weight is 281 g/mol. The standard InChI is InChI=1S/C17H15NO3/c1-2-18-14-11-7-6-10-13(14)15(16(18)19)21-17(20)12-8-4-3-5-9-12/h3-11,15H,2H2,1H3. The van der Waals surface area contributed by atoms with Crippen molar-refractivity contribution in [2.75, 3.05) is 11.4 Å². The maximum absolute atomic E-state index is 12.4. The lowest BCUT2D eigenvalue weighted by molar-refractivity contribution is -0.126. The normalized spacial score (nSPS) is 16.7. The van der Waals surface area contributed by atoms with Crippen molar-refractivity contribution >= 4 is 17.6 Å². The molecule has 0 aromatic heterocycles. The van der Waals surface area contributed by atoms with E-state index in [0.29, 0.717) is 12.1 Å². The molecule has 0 saturated heterocycles. The molecule has 0 aliphatic carbocycles. The number of nitrogens with zero attached hydrogens (tertiary/aromatic N) is 1. The molecule has 2 aromatic carbocycles. The van der Waals surface area contributed by atoms with Gasteiger partial charge in [0, 0.05) is 12.1 Å². The number of carbonyl (C=O) groups excluding carboxylic acids is 2. The zero-order valence-electron chi connectivity index (χ0n) is 11.7. The summed E-state index contributed by atoms with van der Waals surface area (Å²) in [4.78, 5) is 26.2. The predicted molar refractivity (Wildman–Crippen MR) is 79.1 cm³/mol. The van der Waals surface area contributed by atoms with Crippen LogP contribution in [0.15, 0.2) is 54.6 Å². The van der Waals surface area contributed by atoms with E-state index in [2.05, 4.69) is 0 Å². The molecule has 4 nitrogen and oxygen atoms in total. The number of hydrogen-bond donors (Lipinski definition) is 0. The third kappa shape index (κ3) is 2.29. The Morgan fingerprint density at radius 2 is 1.76 bits per heavy atom. The molecule has 1 aliphatic rings. The number of likely N-dealkylation sites (N-methyl/N-ethyl adjacent to an activating group) is 1. The van der Waals surface area contributed by atoms with Crippen LogP contribution in [0.5, 0.6) is 0 Å². The fourth-order valence-corrected chi connectivity index (χ4v) is 2.54. The number of rotatable bonds is 3. The van der Waals surface area contributed by atoms with Crippen LogP contribution in [0.25, 0.3) is 0 Å². The molecule has 1 atom stereocenters. The Bertz CT molecular complexity index is 681. The van der Waals surface area contributed by atoms with Crippen molar-refractivity contribution in [3.05, 3.63) is 65.7 Å². The second-order valence-corrected chi connectivity index (χ2v) is 4.79. The quantitative estimate of drug-likeness (QED) is 0.813. The molecule has 1 amide bonds. The molecule has 1 heterocycles. The van der Waals surface area contributed by atoms with Crippen molar-refractivity contribution in [3.8, 4) is 0 Å². The van der Waals surface area contributed by atoms with Gasteiger partial charge in [0.1, 0.15) is 0 Å². The summed E-state index contributed by atoms with van der Waals surface area (Å²) in [6.07, 6.45) is -0.853. The largest absolute Gasteiger partial charge is 0.444 e. The van der Waals surface area contributed by atoms with E-state index in [1.165, 1.54) is 0 Å². The molecule has 2 aromatic rings. The van der Waals surface area contributed by atoms with Gasteiger partial charge < -0.3 is 9.64 Å². The highest BCUT2D eigenvalue weighted by Gasteiger charge is 2.39. The fourth-order valence-electron chi connectivity index (χ4n) is 2.54. The molecular formula is C17H15NO3. The lowest BCUT2D eigenvalue weighted by atomic mass is 10.1. The lowest BCUT2D eigenvalue weighted by Gasteiger charge is -2.15. The summed E-state index contributed by atoms with van der Waals surface area (Å²) in [5.41, 5.74) is 2.00. The molecule has 0 N–H and O–H groups in total. The maximum Gasteiger partial charge on any atom is 0.339 e. The maximum atomic E-state index is 12.4. The molecule has 3 rings (SSSR count). The number of para-hydroxylation sites is 1. The zero-order valence-corrected chi connectivity index (χ0v) is 11.7. The van der Waals surface area contributed by atoms with Gasteiger partial charge in [0.05, 0.1) is 11.3 Å². The third-order valence-electron chi connectivity index (χ3n) is 3.55. The van der Waals surface area contributed by atoms with Gasteiger partial charge in [0.25, 0.3) is 5.91 Å². The molecule has 0 fully saturated rings. The van der Waals surface area contributed by atoms with Crippen LogP contribution >= 0.6 is 0 Å². The van der Waals surface area contributed by atoms with Gasteiger partial charge in [-0.15, -0.1) is 0 Å². The van der Waals surface area contributed by atoms with Crippen molar-refractivity contribution in [2.24, 2.45) is 0 Å². The van der Waals surface area contributed by atoms with Crippen LogP contribution in [-0.4, -0.2) is 18.4 Å². The summed E-state index contributed by atoms with van der Waals surface area (Å²) in [5.74, 6) is -0.676. The van der Waals surface area contributed by atoms with E-state index in [9.17, 15) is 9.59 Å². The number of esters is 1. The number of hydrogen-bond acceptors (Lipinski definition) is 3. The molecule has 1 aliphatic heterocycles. The third-order valence-corrected chi connectivity index (χ3v) is 3.55. The smallest absolute Gasteiger partial charge is 0.339 e. The first-order valence-corrected chi connectivity index (χ1v) is 6.88. The van der Waals surface area contributed by atoms with E-state index in [-0.39, 0.29) is 5.91 Å². The molecular weight excluding hydrogens is 266 g/mol. The van der Waals surface area contributed by atoms with E-state index >= 15 is 0 Å². The minimum atomic E-state index is -0.853. The first-order valence-electron chi connectivity index (χ1n) is 6.88. The number of ether oxygens (including phenoxy) is 1. The first kappa shape index (κ1) is 13.4. The Morgan fingerprint density at radius 1 is 1.10 bits per heavy atom. The Balaban J connectivity index is 1.89. The van der Waals surface area contributed by atoms with E-state index in [4.69, 9.17) is 4.74 Å². The van der Waals surface area contributed by atoms with Gasteiger partial charge in [0.2, 0.25) is 6.10 Å². The molecule has 0 radical (unpaired) electrons. The molecule has 0 saturated carbocycles. The van der Waals surface area contributed by atoms with Gasteiger partial charge >= 0.3 is 5.97 Å². The van der Waals surface area contributed by atoms with Crippen LogP contribution < -0.4 is 4.90 Å². The minimum Gasteiger partial charge on any atom is -0.444 e. The van der Waals surface area contributed by atoms with Crippen LogP contribution in [0.3, 0.4) is 0 Å². The highest BCUT2D eigenvalue weighted by molar-refractivity contribution is 6.05. The summed E-state index contributed by atoms with van der Waals surface area (Å²) >= 11 is 0. The summed E-state index contributed by atoms with van der Waals surface area (Å²) in [6.45, 7) is 2.45. The van der Waals surface area contributed by atoms with Gasteiger partial charge in [-0.1, -0.05) is 36.4 Å². The molecule has 0 spiro atoms. The Hall–Kier alpha value is -2.62. The monoisotopic (exact) mass is 281 g/mol. The van der Waals surface area contributed by atoms with Crippen molar-refractivity contribution in [1.82, 2.24) is 0 Å². The summed E-state index contributed by atoms with van der Waals surface area (Å²) < 4.78 is 5.44. The van der Waals surface area contributed by atoms with Gasteiger partial charge in [0.15, 0.2) is 0 Å². The highest BCUT2D eigenvalue weighted by Crippen LogP contribution is 2.37. The number of amides is 1. The van der Waals surface area contributed by atoms with Crippen LogP contribution in [0.1, 0.15) is 28.9 Å². The van der Waals surface area contributed by atoms with Crippen molar-refractivity contribution in [2.45, 2.75) is 13.0 Å². The van der Waals surface area contributed by atoms with E-state index in [1.807, 2.05) is 37.3 Å². The van der Waals surface area contributed by atoms with Crippen LogP contribution in [0, 0.1) is 0 Å². The number of anilines is 1. The van der Waals surface area contributed by atoms with Gasteiger partial charge in [-0.3, -0.25) is 4.79 Å². The number of benzene rings is 2. The highest BCUT2D eigenvalue weighted by atomic mass is 16.5. The minimum absolute atomic E-state index is 0.192. The van der Waals surface area contributed by atoms with Crippen molar-refractivity contribution in [3.63, 3.8) is 0 Å².